The van der Waals surface area contributed by atoms with Crippen LogP contribution in [0.4, 0.5) is 13.2 Å². The predicted molar refractivity (Wildman–Crippen MR) is 67.2 cm³/mol. The molecule has 0 aliphatic carbocycles. The van der Waals surface area contributed by atoms with Crippen molar-refractivity contribution in [1.29, 1.82) is 0 Å². The molecule has 108 valence electrons. The van der Waals surface area contributed by atoms with Crippen molar-refractivity contribution in [2.24, 2.45) is 0 Å². The second-order valence-corrected chi connectivity index (χ2v) is 4.09. The highest BCUT2D eigenvalue weighted by Gasteiger charge is 2.30. The van der Waals surface area contributed by atoms with Gasteiger partial charge in [-0.15, -0.1) is 0 Å². The average Bonchev–Trinajstić information content (AvgIpc) is 2.91. The number of H-pyrrole nitrogens is 1. The Hall–Kier alpha value is -2.02. The summed E-state index contributed by atoms with van der Waals surface area (Å²) in [6.45, 7) is 1.35. The van der Waals surface area contributed by atoms with Crippen LogP contribution < -0.4 is 10.1 Å². The highest BCUT2D eigenvalue weighted by molar-refractivity contribution is 5.30. The summed E-state index contributed by atoms with van der Waals surface area (Å²) in [4.78, 5) is 6.96. The molecule has 0 bridgehead atoms. The Morgan fingerprint density at radius 3 is 2.85 bits per heavy atom. The molecule has 0 unspecified atom stereocenters. The molecule has 4 nitrogen and oxygen atoms in total. The number of alkyl halides is 3. The summed E-state index contributed by atoms with van der Waals surface area (Å²) < 4.78 is 42.7. The Kier molecular flexibility index (Phi) is 4.62. The minimum Gasteiger partial charge on any atom is -0.492 e. The van der Waals surface area contributed by atoms with Crippen LogP contribution in [-0.4, -0.2) is 23.1 Å². The van der Waals surface area contributed by atoms with E-state index in [1.165, 1.54) is 12.1 Å². The van der Waals surface area contributed by atoms with Gasteiger partial charge in [-0.3, -0.25) is 0 Å². The average molecular weight is 285 g/mol. The van der Waals surface area contributed by atoms with Crippen LogP contribution in [0.25, 0.3) is 0 Å². The lowest BCUT2D eigenvalue weighted by atomic mass is 10.2. The molecule has 0 saturated heterocycles. The molecule has 0 aliphatic heterocycles. The van der Waals surface area contributed by atoms with Crippen LogP contribution in [0.5, 0.6) is 5.75 Å². The van der Waals surface area contributed by atoms with Crippen molar-refractivity contribution in [3.8, 4) is 5.75 Å². The number of rotatable bonds is 6. The molecule has 2 aromatic rings. The molecule has 7 heteroatoms. The van der Waals surface area contributed by atoms with Crippen molar-refractivity contribution in [3.05, 3.63) is 48.0 Å². The summed E-state index contributed by atoms with van der Waals surface area (Å²) in [5.41, 5.74) is -0.710. The van der Waals surface area contributed by atoms with E-state index in [4.69, 9.17) is 4.74 Å². The molecule has 0 saturated carbocycles. The minimum atomic E-state index is -4.35. The van der Waals surface area contributed by atoms with E-state index in [1.54, 1.807) is 12.4 Å². The number of halogens is 3. The first-order chi connectivity index (χ1) is 9.55. The van der Waals surface area contributed by atoms with Crippen LogP contribution in [0.1, 0.15) is 11.4 Å². The fourth-order valence-corrected chi connectivity index (χ4v) is 1.60. The molecule has 0 amide bonds. The zero-order valence-corrected chi connectivity index (χ0v) is 10.6. The summed E-state index contributed by atoms with van der Waals surface area (Å²) in [5, 5.41) is 3.06. The molecule has 1 heterocycles. The van der Waals surface area contributed by atoms with Crippen LogP contribution in [0.3, 0.4) is 0 Å². The van der Waals surface area contributed by atoms with Gasteiger partial charge in [0.2, 0.25) is 0 Å². The van der Waals surface area contributed by atoms with Gasteiger partial charge in [-0.25, -0.2) is 4.98 Å². The van der Waals surface area contributed by atoms with Gasteiger partial charge in [-0.1, -0.05) is 6.07 Å². The molecular weight excluding hydrogens is 271 g/mol. The second kappa shape index (κ2) is 6.42. The number of ether oxygens (including phenoxy) is 1. The molecule has 20 heavy (non-hydrogen) atoms. The summed E-state index contributed by atoms with van der Waals surface area (Å²) in [7, 11) is 0. The molecule has 0 fully saturated rings. The van der Waals surface area contributed by atoms with Gasteiger partial charge in [0.05, 0.1) is 12.1 Å². The van der Waals surface area contributed by atoms with Gasteiger partial charge in [-0.2, -0.15) is 13.2 Å². The molecule has 0 spiro atoms. The number of nitrogens with one attached hydrogen (secondary N) is 2. The Morgan fingerprint density at radius 2 is 2.15 bits per heavy atom. The van der Waals surface area contributed by atoms with Crippen LogP contribution in [0.2, 0.25) is 0 Å². The summed E-state index contributed by atoms with van der Waals surface area (Å²) in [5.74, 6) is 1.00. The van der Waals surface area contributed by atoms with Gasteiger partial charge in [-0.05, 0) is 18.2 Å². The number of hydrogen-bond donors (Lipinski definition) is 2. The molecule has 2 rings (SSSR count). The third kappa shape index (κ3) is 4.27. The summed E-state index contributed by atoms with van der Waals surface area (Å²) in [6, 6.07) is 4.84. The third-order valence-electron chi connectivity index (χ3n) is 2.56. The van der Waals surface area contributed by atoms with Crippen molar-refractivity contribution in [1.82, 2.24) is 15.3 Å². The number of imidazole rings is 1. The highest BCUT2D eigenvalue weighted by atomic mass is 19.4. The standard InChI is InChI=1S/C13H14F3N3O/c14-13(15,16)10-2-1-3-11(8-10)20-7-6-17-9-12-18-4-5-19-12/h1-5,8,17H,6-7,9H2,(H,18,19). The van der Waals surface area contributed by atoms with Gasteiger partial charge in [0, 0.05) is 18.9 Å². The molecule has 2 N–H and O–H groups in total. The van der Waals surface area contributed by atoms with E-state index in [2.05, 4.69) is 15.3 Å². The predicted octanol–water partition coefficient (Wildman–Crippen LogP) is 2.60. The zero-order chi connectivity index (χ0) is 14.4. The maximum absolute atomic E-state index is 12.5. The van der Waals surface area contributed by atoms with Gasteiger partial charge in [0.25, 0.3) is 0 Å². The van der Waals surface area contributed by atoms with E-state index in [0.717, 1.165) is 18.0 Å². The number of aromatic nitrogens is 2. The van der Waals surface area contributed by atoms with E-state index in [9.17, 15) is 13.2 Å². The van der Waals surface area contributed by atoms with E-state index in [0.29, 0.717) is 13.1 Å². The number of hydrogen-bond acceptors (Lipinski definition) is 3. The van der Waals surface area contributed by atoms with E-state index in [1.807, 2.05) is 0 Å². The smallest absolute Gasteiger partial charge is 0.416 e. The van der Waals surface area contributed by atoms with E-state index in [-0.39, 0.29) is 12.4 Å². The van der Waals surface area contributed by atoms with Crippen molar-refractivity contribution >= 4 is 0 Å². The Morgan fingerprint density at radius 1 is 1.30 bits per heavy atom. The lowest BCUT2D eigenvalue weighted by molar-refractivity contribution is -0.137. The number of aromatic amines is 1. The Labute approximate surface area is 114 Å². The number of nitrogens with zero attached hydrogens (tertiary/aromatic N) is 1. The van der Waals surface area contributed by atoms with Gasteiger partial charge in [0.1, 0.15) is 18.2 Å². The van der Waals surface area contributed by atoms with Crippen molar-refractivity contribution in [2.45, 2.75) is 12.7 Å². The van der Waals surface area contributed by atoms with Crippen LogP contribution in [-0.2, 0) is 12.7 Å². The lowest BCUT2D eigenvalue weighted by Crippen LogP contribution is -2.21. The van der Waals surface area contributed by atoms with E-state index < -0.39 is 11.7 Å². The number of benzene rings is 1. The molecule has 1 aromatic heterocycles. The maximum atomic E-state index is 12.5. The van der Waals surface area contributed by atoms with Crippen molar-refractivity contribution in [3.63, 3.8) is 0 Å². The molecule has 1 aromatic carbocycles. The first kappa shape index (κ1) is 14.4. The normalized spacial score (nSPS) is 11.6. The highest BCUT2D eigenvalue weighted by Crippen LogP contribution is 2.31. The monoisotopic (exact) mass is 285 g/mol. The van der Waals surface area contributed by atoms with Crippen molar-refractivity contribution in [2.75, 3.05) is 13.2 Å². The Bertz CT molecular complexity index is 526. The van der Waals surface area contributed by atoms with Crippen molar-refractivity contribution < 1.29 is 17.9 Å². The fraction of sp³-hybridized carbons (Fsp3) is 0.308. The second-order valence-electron chi connectivity index (χ2n) is 4.09. The van der Waals surface area contributed by atoms with Gasteiger partial charge in [0.15, 0.2) is 0 Å². The van der Waals surface area contributed by atoms with Crippen LogP contribution in [0, 0.1) is 0 Å². The lowest BCUT2D eigenvalue weighted by Gasteiger charge is -2.10. The van der Waals surface area contributed by atoms with Gasteiger partial charge >= 0.3 is 6.18 Å². The van der Waals surface area contributed by atoms with E-state index >= 15 is 0 Å². The largest absolute Gasteiger partial charge is 0.492 e. The minimum absolute atomic E-state index is 0.208. The fourth-order valence-electron chi connectivity index (χ4n) is 1.60. The maximum Gasteiger partial charge on any atom is 0.416 e. The topological polar surface area (TPSA) is 49.9 Å². The van der Waals surface area contributed by atoms with Crippen LogP contribution in [0.15, 0.2) is 36.7 Å². The third-order valence-corrected chi connectivity index (χ3v) is 2.56. The molecule has 0 radical (unpaired) electrons. The zero-order valence-electron chi connectivity index (χ0n) is 10.6. The summed E-state index contributed by atoms with van der Waals surface area (Å²) >= 11 is 0. The SMILES string of the molecule is FC(F)(F)c1cccc(OCCNCc2ncc[nH]2)c1. The molecule has 0 atom stereocenters. The molecular formula is C13H14F3N3O. The quantitative estimate of drug-likeness (QED) is 0.802. The molecule has 0 aliphatic rings. The van der Waals surface area contributed by atoms with Gasteiger partial charge < -0.3 is 15.0 Å². The first-order valence-corrected chi connectivity index (χ1v) is 6.05. The summed E-state index contributed by atoms with van der Waals surface area (Å²) in [6.07, 6.45) is -0.983. The Balaban J connectivity index is 1.74. The first-order valence-electron chi connectivity index (χ1n) is 6.05. The van der Waals surface area contributed by atoms with Crippen LogP contribution >= 0.6 is 0 Å².